The standard InChI is InChI=1S/C17H23N3O3S/c1-23-11-12-24-17-19-14-8-5-4-7-13(14)16(22)20(17)10-6-2-3-9-15(18)21/h4-5,7-8H,2-3,6,9-12H2,1H3,(H2,18,21). The molecule has 0 aliphatic carbocycles. The fourth-order valence-electron chi connectivity index (χ4n) is 2.42. The summed E-state index contributed by atoms with van der Waals surface area (Å²) in [6, 6.07) is 7.39. The van der Waals surface area contributed by atoms with Crippen LogP contribution in [0.4, 0.5) is 0 Å². The second-order valence-corrected chi connectivity index (χ2v) is 6.55. The Kier molecular flexibility index (Phi) is 7.27. The second-order valence-electron chi connectivity index (χ2n) is 5.49. The number of methoxy groups -OCH3 is 1. The van der Waals surface area contributed by atoms with Gasteiger partial charge in [0.05, 0.1) is 17.5 Å². The third-order valence-electron chi connectivity index (χ3n) is 3.65. The van der Waals surface area contributed by atoms with Gasteiger partial charge in [-0.2, -0.15) is 0 Å². The number of amides is 1. The molecule has 0 aliphatic rings. The molecule has 2 rings (SSSR count). The summed E-state index contributed by atoms with van der Waals surface area (Å²) in [5, 5.41) is 1.34. The third-order valence-corrected chi connectivity index (χ3v) is 4.59. The molecule has 1 aromatic carbocycles. The van der Waals surface area contributed by atoms with E-state index in [-0.39, 0.29) is 11.5 Å². The molecule has 0 radical (unpaired) electrons. The van der Waals surface area contributed by atoms with Crippen LogP contribution in [0.5, 0.6) is 0 Å². The van der Waals surface area contributed by atoms with Gasteiger partial charge in [0.15, 0.2) is 5.16 Å². The highest BCUT2D eigenvalue weighted by Gasteiger charge is 2.11. The van der Waals surface area contributed by atoms with Crippen LogP contribution < -0.4 is 11.3 Å². The number of primary amides is 1. The fourth-order valence-corrected chi connectivity index (χ4v) is 3.34. The van der Waals surface area contributed by atoms with E-state index in [1.165, 1.54) is 11.8 Å². The van der Waals surface area contributed by atoms with Crippen molar-refractivity contribution in [3.05, 3.63) is 34.6 Å². The van der Waals surface area contributed by atoms with E-state index in [4.69, 9.17) is 10.5 Å². The smallest absolute Gasteiger partial charge is 0.262 e. The van der Waals surface area contributed by atoms with Gasteiger partial charge in [-0.25, -0.2) is 4.98 Å². The second kappa shape index (κ2) is 9.44. The van der Waals surface area contributed by atoms with Gasteiger partial charge in [-0.1, -0.05) is 30.3 Å². The minimum absolute atomic E-state index is 0.0181. The van der Waals surface area contributed by atoms with E-state index in [1.54, 1.807) is 17.7 Å². The quantitative estimate of drug-likeness (QED) is 0.403. The highest BCUT2D eigenvalue weighted by atomic mass is 32.2. The maximum atomic E-state index is 12.8. The van der Waals surface area contributed by atoms with Gasteiger partial charge in [0, 0.05) is 25.8 Å². The molecule has 0 spiro atoms. The Labute approximate surface area is 145 Å². The van der Waals surface area contributed by atoms with Crippen molar-refractivity contribution in [2.24, 2.45) is 5.73 Å². The van der Waals surface area contributed by atoms with Gasteiger partial charge in [-0.15, -0.1) is 0 Å². The number of nitrogens with zero attached hydrogens (tertiary/aromatic N) is 2. The van der Waals surface area contributed by atoms with Crippen molar-refractivity contribution in [3.8, 4) is 0 Å². The van der Waals surface area contributed by atoms with Crippen molar-refractivity contribution in [3.63, 3.8) is 0 Å². The molecular formula is C17H23N3O3S. The molecule has 1 heterocycles. The summed E-state index contributed by atoms with van der Waals surface area (Å²) in [6.07, 6.45) is 2.80. The molecule has 2 aromatic rings. The first-order chi connectivity index (χ1) is 11.6. The molecule has 0 saturated heterocycles. The van der Waals surface area contributed by atoms with Crippen LogP contribution in [0.3, 0.4) is 0 Å². The van der Waals surface area contributed by atoms with Crippen LogP contribution in [0.2, 0.25) is 0 Å². The molecule has 0 unspecified atom stereocenters. The number of rotatable bonds is 10. The Morgan fingerprint density at radius 2 is 2.08 bits per heavy atom. The average Bonchev–Trinajstić information content (AvgIpc) is 2.57. The normalized spacial score (nSPS) is 11.0. The van der Waals surface area contributed by atoms with Crippen molar-refractivity contribution in [2.45, 2.75) is 37.4 Å². The molecule has 0 saturated carbocycles. The van der Waals surface area contributed by atoms with Crippen LogP contribution >= 0.6 is 11.8 Å². The lowest BCUT2D eigenvalue weighted by atomic mass is 10.2. The summed E-state index contributed by atoms with van der Waals surface area (Å²) in [4.78, 5) is 28.2. The Hall–Kier alpha value is -1.86. The van der Waals surface area contributed by atoms with E-state index in [0.29, 0.717) is 35.6 Å². The number of ether oxygens (including phenoxy) is 1. The number of nitrogens with two attached hydrogens (primary N) is 1. The van der Waals surface area contributed by atoms with Crippen molar-refractivity contribution in [1.82, 2.24) is 9.55 Å². The van der Waals surface area contributed by atoms with Gasteiger partial charge in [0.2, 0.25) is 5.91 Å². The number of hydrogen-bond donors (Lipinski definition) is 1. The monoisotopic (exact) mass is 349 g/mol. The molecular weight excluding hydrogens is 326 g/mol. The first-order valence-corrected chi connectivity index (χ1v) is 9.01. The Morgan fingerprint density at radius 1 is 1.29 bits per heavy atom. The number of fused-ring (bicyclic) bond motifs is 1. The van der Waals surface area contributed by atoms with Crippen molar-refractivity contribution >= 4 is 28.6 Å². The number of carbonyl (C=O) groups is 1. The lowest BCUT2D eigenvalue weighted by Gasteiger charge is -2.13. The van der Waals surface area contributed by atoms with Gasteiger partial charge >= 0.3 is 0 Å². The molecule has 0 bridgehead atoms. The zero-order valence-electron chi connectivity index (χ0n) is 13.9. The summed E-state index contributed by atoms with van der Waals surface area (Å²) < 4.78 is 6.81. The van der Waals surface area contributed by atoms with Crippen LogP contribution in [0.1, 0.15) is 25.7 Å². The van der Waals surface area contributed by atoms with E-state index in [2.05, 4.69) is 4.98 Å². The zero-order valence-corrected chi connectivity index (χ0v) is 14.7. The molecule has 2 N–H and O–H groups in total. The Bertz CT molecular complexity index is 745. The average molecular weight is 349 g/mol. The van der Waals surface area contributed by atoms with Gasteiger partial charge in [0.25, 0.3) is 5.56 Å². The molecule has 0 aliphatic heterocycles. The highest BCUT2D eigenvalue weighted by Crippen LogP contribution is 2.18. The Morgan fingerprint density at radius 3 is 2.83 bits per heavy atom. The number of hydrogen-bond acceptors (Lipinski definition) is 5. The van der Waals surface area contributed by atoms with Crippen LogP contribution in [-0.4, -0.2) is 34.9 Å². The number of aromatic nitrogens is 2. The van der Waals surface area contributed by atoms with Crippen LogP contribution in [0.15, 0.2) is 34.2 Å². The molecule has 7 heteroatoms. The molecule has 1 aromatic heterocycles. The van der Waals surface area contributed by atoms with E-state index in [0.717, 1.165) is 25.0 Å². The van der Waals surface area contributed by atoms with Gasteiger partial charge in [-0.05, 0) is 25.0 Å². The van der Waals surface area contributed by atoms with Gasteiger partial charge in [-0.3, -0.25) is 14.2 Å². The minimum atomic E-state index is -0.282. The predicted octanol–water partition coefficient (Wildman–Crippen LogP) is 2.18. The first kappa shape index (κ1) is 18.5. The summed E-state index contributed by atoms with van der Waals surface area (Å²) in [6.45, 7) is 1.19. The lowest BCUT2D eigenvalue weighted by molar-refractivity contribution is -0.118. The van der Waals surface area contributed by atoms with E-state index < -0.39 is 0 Å². The largest absolute Gasteiger partial charge is 0.384 e. The third kappa shape index (κ3) is 5.07. The molecule has 24 heavy (non-hydrogen) atoms. The maximum Gasteiger partial charge on any atom is 0.262 e. The molecule has 130 valence electrons. The number of unbranched alkanes of at least 4 members (excludes halogenated alkanes) is 2. The summed E-state index contributed by atoms with van der Waals surface area (Å²) >= 11 is 1.52. The molecule has 6 nitrogen and oxygen atoms in total. The number of benzene rings is 1. The summed E-state index contributed by atoms with van der Waals surface area (Å²) in [5.41, 5.74) is 5.84. The summed E-state index contributed by atoms with van der Waals surface area (Å²) in [5.74, 6) is 0.457. The van der Waals surface area contributed by atoms with Crippen LogP contribution in [0, 0.1) is 0 Å². The SMILES string of the molecule is COCCSc1nc2ccccc2c(=O)n1CCCCCC(N)=O. The molecule has 1 amide bonds. The topological polar surface area (TPSA) is 87.2 Å². The van der Waals surface area contributed by atoms with Crippen LogP contribution in [-0.2, 0) is 16.1 Å². The van der Waals surface area contributed by atoms with E-state index in [9.17, 15) is 9.59 Å². The first-order valence-electron chi connectivity index (χ1n) is 8.03. The van der Waals surface area contributed by atoms with E-state index in [1.807, 2.05) is 18.2 Å². The molecule has 0 fully saturated rings. The van der Waals surface area contributed by atoms with Crippen molar-refractivity contribution < 1.29 is 9.53 Å². The fraction of sp³-hybridized carbons (Fsp3) is 0.471. The lowest BCUT2D eigenvalue weighted by Crippen LogP contribution is -2.23. The van der Waals surface area contributed by atoms with Crippen LogP contribution in [0.25, 0.3) is 10.9 Å². The van der Waals surface area contributed by atoms with E-state index >= 15 is 0 Å². The number of thioether (sulfide) groups is 1. The Balaban J connectivity index is 2.17. The van der Waals surface area contributed by atoms with Gasteiger partial charge < -0.3 is 10.5 Å². The van der Waals surface area contributed by atoms with Crippen molar-refractivity contribution in [1.29, 1.82) is 0 Å². The highest BCUT2D eigenvalue weighted by molar-refractivity contribution is 7.99. The maximum absolute atomic E-state index is 12.8. The number of carbonyl (C=O) groups excluding carboxylic acids is 1. The minimum Gasteiger partial charge on any atom is -0.384 e. The predicted molar refractivity (Wildman–Crippen MR) is 96.3 cm³/mol. The number of para-hydroxylation sites is 1. The van der Waals surface area contributed by atoms with Gasteiger partial charge in [0.1, 0.15) is 0 Å². The summed E-state index contributed by atoms with van der Waals surface area (Å²) in [7, 11) is 1.65. The van der Waals surface area contributed by atoms with Crippen molar-refractivity contribution in [2.75, 3.05) is 19.5 Å². The zero-order chi connectivity index (χ0) is 17.4. The molecule has 0 atom stereocenters.